The maximum absolute atomic E-state index is 12.9. The summed E-state index contributed by atoms with van der Waals surface area (Å²) in [6.07, 6.45) is 2.28. The highest BCUT2D eigenvalue weighted by atomic mass is 16.6. The molecule has 3 heterocycles. The van der Waals surface area contributed by atoms with Gasteiger partial charge in [-0.05, 0) is 38.8 Å². The van der Waals surface area contributed by atoms with Crippen LogP contribution in [0.25, 0.3) is 0 Å². The summed E-state index contributed by atoms with van der Waals surface area (Å²) < 4.78 is 17.6. The van der Waals surface area contributed by atoms with Crippen molar-refractivity contribution >= 4 is 5.91 Å². The van der Waals surface area contributed by atoms with E-state index in [1.165, 1.54) is 0 Å². The molecule has 0 aromatic rings. The molecular weight excluding hydrogens is 296 g/mol. The summed E-state index contributed by atoms with van der Waals surface area (Å²) in [6, 6.07) is 0. The molecule has 6 heteroatoms. The van der Waals surface area contributed by atoms with Crippen LogP contribution in [0.15, 0.2) is 0 Å². The molecule has 0 aromatic carbocycles. The van der Waals surface area contributed by atoms with Crippen molar-refractivity contribution in [2.75, 3.05) is 60.2 Å². The first-order valence-electron chi connectivity index (χ1n) is 8.85. The second-order valence-electron chi connectivity index (χ2n) is 7.93. The molecule has 2 unspecified atom stereocenters. The number of carbonyl (C=O) groups excluding carboxylic acids is 1. The van der Waals surface area contributed by atoms with Crippen LogP contribution in [0.4, 0.5) is 0 Å². The van der Waals surface area contributed by atoms with Gasteiger partial charge in [0.25, 0.3) is 0 Å². The van der Waals surface area contributed by atoms with Crippen LogP contribution in [0.1, 0.15) is 12.8 Å². The van der Waals surface area contributed by atoms with Gasteiger partial charge < -0.3 is 24.0 Å². The monoisotopic (exact) mass is 324 g/mol. The predicted molar refractivity (Wildman–Crippen MR) is 84.1 cm³/mol. The van der Waals surface area contributed by atoms with Crippen LogP contribution < -0.4 is 0 Å². The molecule has 0 radical (unpaired) electrons. The first-order chi connectivity index (χ1) is 11.1. The van der Waals surface area contributed by atoms with E-state index in [1.807, 2.05) is 4.90 Å². The number of rotatable bonds is 3. The van der Waals surface area contributed by atoms with Crippen LogP contribution in [0.2, 0.25) is 0 Å². The molecule has 1 saturated carbocycles. The van der Waals surface area contributed by atoms with Crippen molar-refractivity contribution in [2.24, 2.45) is 17.8 Å². The van der Waals surface area contributed by atoms with Gasteiger partial charge in [0.2, 0.25) is 5.91 Å². The number of fused-ring (bicyclic) bond motifs is 1. The minimum absolute atomic E-state index is 0.192. The van der Waals surface area contributed by atoms with E-state index in [0.29, 0.717) is 44.0 Å². The lowest BCUT2D eigenvalue weighted by Gasteiger charge is -2.32. The van der Waals surface area contributed by atoms with Gasteiger partial charge >= 0.3 is 0 Å². The Bertz CT molecular complexity index is 462. The lowest BCUT2D eigenvalue weighted by Crippen LogP contribution is -2.48. The first-order valence-corrected chi connectivity index (χ1v) is 8.85. The van der Waals surface area contributed by atoms with E-state index >= 15 is 0 Å². The second-order valence-corrected chi connectivity index (χ2v) is 7.93. The number of likely N-dealkylation sites (N-methyl/N-ethyl adjacent to an activating group) is 1. The molecule has 0 bridgehead atoms. The van der Waals surface area contributed by atoms with Crippen molar-refractivity contribution in [3.8, 4) is 0 Å². The number of amides is 1. The van der Waals surface area contributed by atoms with Gasteiger partial charge in [0.05, 0.1) is 39.1 Å². The summed E-state index contributed by atoms with van der Waals surface area (Å²) in [5.74, 6) is 1.42. The minimum atomic E-state index is -0.298. The second kappa shape index (κ2) is 5.99. The summed E-state index contributed by atoms with van der Waals surface area (Å²) in [5.41, 5.74) is -0.298. The Labute approximate surface area is 138 Å². The zero-order valence-electron chi connectivity index (χ0n) is 14.2. The molecule has 0 N–H and O–H groups in total. The first kappa shape index (κ1) is 15.8. The molecule has 130 valence electrons. The van der Waals surface area contributed by atoms with Gasteiger partial charge in [0.1, 0.15) is 5.60 Å². The average molecular weight is 324 g/mol. The molecule has 3 aliphatic heterocycles. The number of hydrogen-bond donors (Lipinski definition) is 0. The highest BCUT2D eigenvalue weighted by molar-refractivity contribution is 5.82. The van der Waals surface area contributed by atoms with Crippen molar-refractivity contribution in [2.45, 2.75) is 24.5 Å². The summed E-state index contributed by atoms with van der Waals surface area (Å²) >= 11 is 0. The molecule has 1 amide bonds. The van der Waals surface area contributed by atoms with Crippen LogP contribution in [-0.2, 0) is 19.0 Å². The Morgan fingerprint density at radius 2 is 2.04 bits per heavy atom. The highest BCUT2D eigenvalue weighted by Gasteiger charge is 2.59. The number of nitrogens with zero attached hydrogens (tertiary/aromatic N) is 2. The molecular formula is C17H28N2O4. The fourth-order valence-corrected chi connectivity index (χ4v) is 4.56. The minimum Gasteiger partial charge on any atom is -0.381 e. The molecule has 4 rings (SSSR count). The van der Waals surface area contributed by atoms with Crippen LogP contribution in [-0.4, -0.2) is 87.6 Å². The summed E-state index contributed by atoms with van der Waals surface area (Å²) in [4.78, 5) is 17.0. The topological polar surface area (TPSA) is 51.2 Å². The molecule has 1 spiro atoms. The zero-order valence-corrected chi connectivity index (χ0v) is 14.2. The maximum Gasteiger partial charge on any atom is 0.226 e. The summed E-state index contributed by atoms with van der Waals surface area (Å²) in [5, 5.41) is 0. The van der Waals surface area contributed by atoms with Gasteiger partial charge in [-0.2, -0.15) is 0 Å². The predicted octanol–water partition coefficient (Wildman–Crippen LogP) is 0.217. The van der Waals surface area contributed by atoms with E-state index in [1.54, 1.807) is 0 Å². The molecule has 6 nitrogen and oxygen atoms in total. The van der Waals surface area contributed by atoms with E-state index in [0.717, 1.165) is 32.6 Å². The van der Waals surface area contributed by atoms with Crippen LogP contribution in [0.3, 0.4) is 0 Å². The fraction of sp³-hybridized carbons (Fsp3) is 0.941. The fourth-order valence-electron chi connectivity index (χ4n) is 4.56. The molecule has 5 atom stereocenters. The molecule has 1 aliphatic carbocycles. The van der Waals surface area contributed by atoms with Crippen molar-refractivity contribution in [1.82, 2.24) is 9.80 Å². The lowest BCUT2D eigenvalue weighted by molar-refractivity contribution is -0.139. The molecule has 23 heavy (non-hydrogen) atoms. The Morgan fingerprint density at radius 1 is 1.26 bits per heavy atom. The summed E-state index contributed by atoms with van der Waals surface area (Å²) in [6.45, 7) is 5.07. The van der Waals surface area contributed by atoms with E-state index in [2.05, 4.69) is 19.0 Å². The largest absolute Gasteiger partial charge is 0.381 e. The Morgan fingerprint density at radius 3 is 2.78 bits per heavy atom. The zero-order chi connectivity index (χ0) is 16.0. The van der Waals surface area contributed by atoms with Gasteiger partial charge in [-0.3, -0.25) is 4.79 Å². The maximum atomic E-state index is 12.9. The van der Waals surface area contributed by atoms with Crippen molar-refractivity contribution < 1.29 is 19.0 Å². The number of carbonyl (C=O) groups is 1. The Hall–Kier alpha value is -0.690. The third-order valence-electron chi connectivity index (χ3n) is 5.81. The van der Waals surface area contributed by atoms with Crippen LogP contribution in [0, 0.1) is 17.8 Å². The van der Waals surface area contributed by atoms with E-state index in [4.69, 9.17) is 14.2 Å². The third-order valence-corrected chi connectivity index (χ3v) is 5.81. The lowest BCUT2D eigenvalue weighted by atomic mass is 9.99. The highest BCUT2D eigenvalue weighted by Crippen LogP contribution is 2.51. The third kappa shape index (κ3) is 3.02. The SMILES string of the molecule is CN(C)CC1CC[C@]2(COCCN(C(=O)C3[C@H]4COC[C@@H]34)C2)O1. The van der Waals surface area contributed by atoms with Crippen molar-refractivity contribution in [3.05, 3.63) is 0 Å². The molecule has 0 aromatic heterocycles. The standard InChI is InChI=1S/C17H28N2O4/c1-18(2)7-12-3-4-17(23-12)10-19(5-6-21-11-17)16(20)15-13-8-22-9-14(13)15/h12-15H,3-11H2,1-2H3/t12?,13-,14+,15?,17-/m0/s1. The van der Waals surface area contributed by atoms with Crippen LogP contribution >= 0.6 is 0 Å². The number of ether oxygens (including phenoxy) is 3. The van der Waals surface area contributed by atoms with Gasteiger partial charge in [0.15, 0.2) is 0 Å². The number of hydrogen-bond acceptors (Lipinski definition) is 5. The molecule has 4 aliphatic rings. The normalized spacial score (nSPS) is 43.0. The summed E-state index contributed by atoms with van der Waals surface area (Å²) in [7, 11) is 4.14. The van der Waals surface area contributed by atoms with E-state index < -0.39 is 0 Å². The average Bonchev–Trinajstić information content (AvgIpc) is 2.82. The van der Waals surface area contributed by atoms with E-state index in [9.17, 15) is 4.79 Å². The van der Waals surface area contributed by atoms with Crippen molar-refractivity contribution in [1.29, 1.82) is 0 Å². The molecule has 4 fully saturated rings. The smallest absolute Gasteiger partial charge is 0.226 e. The Balaban J connectivity index is 1.40. The van der Waals surface area contributed by atoms with E-state index in [-0.39, 0.29) is 17.6 Å². The van der Waals surface area contributed by atoms with Gasteiger partial charge in [-0.25, -0.2) is 0 Å². The van der Waals surface area contributed by atoms with Gasteiger partial charge in [-0.1, -0.05) is 0 Å². The molecule has 3 saturated heterocycles. The van der Waals surface area contributed by atoms with Crippen molar-refractivity contribution in [3.63, 3.8) is 0 Å². The van der Waals surface area contributed by atoms with Gasteiger partial charge in [0, 0.05) is 19.0 Å². The van der Waals surface area contributed by atoms with Gasteiger partial charge in [-0.15, -0.1) is 0 Å². The Kier molecular flexibility index (Phi) is 4.12. The van der Waals surface area contributed by atoms with Crippen LogP contribution in [0.5, 0.6) is 0 Å². The quantitative estimate of drug-likeness (QED) is 0.743.